The molecule has 0 saturated carbocycles. The van der Waals surface area contributed by atoms with Gasteiger partial charge in [-0.05, 0) is 45.7 Å². The van der Waals surface area contributed by atoms with Crippen molar-refractivity contribution in [1.29, 1.82) is 0 Å². The smallest absolute Gasteiger partial charge is 0.270 e. The van der Waals surface area contributed by atoms with Crippen LogP contribution in [0.25, 0.3) is 0 Å². The molecular weight excluding hydrogens is 284 g/mol. The van der Waals surface area contributed by atoms with E-state index in [1.165, 1.54) is 37.1 Å². The van der Waals surface area contributed by atoms with Gasteiger partial charge in [-0.1, -0.05) is 6.42 Å². The highest BCUT2D eigenvalue weighted by Crippen LogP contribution is 2.16. The minimum atomic E-state index is -0.0858. The second-order valence-electron chi connectivity index (χ2n) is 5.67. The molecule has 1 saturated heterocycles. The number of amides is 1. The summed E-state index contributed by atoms with van der Waals surface area (Å²) in [5, 5.41) is 5.51. The normalized spacial score (nSPS) is 19.6. The lowest BCUT2D eigenvalue weighted by atomic mass is 10.0. The molecule has 5 nitrogen and oxygen atoms in total. The van der Waals surface area contributed by atoms with Gasteiger partial charge in [-0.2, -0.15) is 0 Å². The molecule has 1 unspecified atom stereocenters. The van der Waals surface area contributed by atoms with E-state index in [1.54, 1.807) is 5.38 Å². The first kappa shape index (κ1) is 16.4. The number of likely N-dealkylation sites (tertiary alicyclic amines) is 1. The van der Waals surface area contributed by atoms with Gasteiger partial charge in [0, 0.05) is 24.5 Å². The molecule has 2 rings (SSSR count). The number of hydrogen-bond donors (Lipinski definition) is 2. The van der Waals surface area contributed by atoms with Crippen molar-refractivity contribution in [3.63, 3.8) is 0 Å². The molecule has 2 heterocycles. The van der Waals surface area contributed by atoms with Gasteiger partial charge in [-0.3, -0.25) is 4.79 Å². The second kappa shape index (κ2) is 8.46. The van der Waals surface area contributed by atoms with E-state index < -0.39 is 0 Å². The fraction of sp³-hybridized carbons (Fsp3) is 0.733. The Labute approximate surface area is 130 Å². The van der Waals surface area contributed by atoms with Gasteiger partial charge in [0.1, 0.15) is 10.7 Å². The number of nitrogens with one attached hydrogen (secondary N) is 1. The molecule has 118 valence electrons. The number of nitrogens with two attached hydrogens (primary N) is 1. The minimum Gasteiger partial charge on any atom is -0.351 e. The molecule has 1 aliphatic heterocycles. The van der Waals surface area contributed by atoms with Gasteiger partial charge < -0.3 is 16.0 Å². The standard InChI is InChI=1S/C15H26N4OS/c1-12-6-2-4-8-19(12)9-5-3-7-17-15(20)13-11-21-14(10-16)18-13/h11-12H,2-10,16H2,1H3,(H,17,20). The summed E-state index contributed by atoms with van der Waals surface area (Å²) in [6, 6.07) is 0.720. The van der Waals surface area contributed by atoms with Gasteiger partial charge in [0.2, 0.25) is 0 Å². The summed E-state index contributed by atoms with van der Waals surface area (Å²) >= 11 is 1.44. The number of piperidine rings is 1. The Morgan fingerprint density at radius 2 is 2.38 bits per heavy atom. The number of aromatic nitrogens is 1. The van der Waals surface area contributed by atoms with Crippen LogP contribution in [0.5, 0.6) is 0 Å². The minimum absolute atomic E-state index is 0.0858. The average Bonchev–Trinajstić information content (AvgIpc) is 2.97. The van der Waals surface area contributed by atoms with Crippen LogP contribution < -0.4 is 11.1 Å². The largest absolute Gasteiger partial charge is 0.351 e. The molecule has 0 bridgehead atoms. The summed E-state index contributed by atoms with van der Waals surface area (Å²) in [7, 11) is 0. The fourth-order valence-corrected chi connectivity index (χ4v) is 3.39. The van der Waals surface area contributed by atoms with Crippen molar-refractivity contribution in [2.24, 2.45) is 5.73 Å². The lowest BCUT2D eigenvalue weighted by molar-refractivity contribution is 0.0947. The van der Waals surface area contributed by atoms with Gasteiger partial charge in [0.15, 0.2) is 0 Å². The van der Waals surface area contributed by atoms with Gasteiger partial charge in [-0.15, -0.1) is 11.3 Å². The lowest BCUT2D eigenvalue weighted by Gasteiger charge is -2.33. The Morgan fingerprint density at radius 3 is 3.10 bits per heavy atom. The summed E-state index contributed by atoms with van der Waals surface area (Å²) in [6.45, 7) is 5.81. The zero-order chi connectivity index (χ0) is 15.1. The van der Waals surface area contributed by atoms with Crippen molar-refractivity contribution in [1.82, 2.24) is 15.2 Å². The number of hydrogen-bond acceptors (Lipinski definition) is 5. The Balaban J connectivity index is 1.60. The zero-order valence-electron chi connectivity index (χ0n) is 12.8. The van der Waals surface area contributed by atoms with Crippen molar-refractivity contribution < 1.29 is 4.79 Å². The summed E-state index contributed by atoms with van der Waals surface area (Å²) in [6.07, 6.45) is 6.17. The Hall–Kier alpha value is -0.980. The van der Waals surface area contributed by atoms with Crippen LogP contribution in [-0.4, -0.2) is 41.5 Å². The predicted molar refractivity (Wildman–Crippen MR) is 86.5 cm³/mol. The van der Waals surface area contributed by atoms with E-state index in [0.29, 0.717) is 12.2 Å². The van der Waals surface area contributed by atoms with Gasteiger partial charge in [0.25, 0.3) is 5.91 Å². The van der Waals surface area contributed by atoms with Crippen LogP contribution in [0, 0.1) is 0 Å². The maximum Gasteiger partial charge on any atom is 0.270 e. The van der Waals surface area contributed by atoms with Gasteiger partial charge in [-0.25, -0.2) is 4.98 Å². The third-order valence-corrected chi connectivity index (χ3v) is 4.93. The average molecular weight is 310 g/mol. The summed E-state index contributed by atoms with van der Waals surface area (Å²) in [4.78, 5) is 18.6. The van der Waals surface area contributed by atoms with E-state index in [9.17, 15) is 4.79 Å². The molecule has 1 aromatic heterocycles. The van der Waals surface area contributed by atoms with E-state index in [-0.39, 0.29) is 5.91 Å². The van der Waals surface area contributed by atoms with Crippen LogP contribution in [0.15, 0.2) is 5.38 Å². The monoisotopic (exact) mass is 310 g/mol. The van der Waals surface area contributed by atoms with Crippen LogP contribution in [0.2, 0.25) is 0 Å². The summed E-state index contributed by atoms with van der Waals surface area (Å²) < 4.78 is 0. The molecule has 0 radical (unpaired) electrons. The van der Waals surface area contributed by atoms with E-state index in [0.717, 1.165) is 37.0 Å². The number of unbranched alkanes of at least 4 members (excludes halogenated alkanes) is 1. The van der Waals surface area contributed by atoms with Crippen LogP contribution in [-0.2, 0) is 6.54 Å². The van der Waals surface area contributed by atoms with Crippen LogP contribution >= 0.6 is 11.3 Å². The summed E-state index contributed by atoms with van der Waals surface area (Å²) in [5.74, 6) is -0.0858. The van der Waals surface area contributed by atoms with Crippen LogP contribution in [0.1, 0.15) is 54.5 Å². The maximum absolute atomic E-state index is 11.9. The van der Waals surface area contributed by atoms with Crippen molar-refractivity contribution in [2.45, 2.75) is 51.6 Å². The number of thiazole rings is 1. The molecule has 1 amide bonds. The number of carbonyl (C=O) groups excluding carboxylic acids is 1. The Morgan fingerprint density at radius 1 is 1.52 bits per heavy atom. The van der Waals surface area contributed by atoms with Crippen LogP contribution in [0.3, 0.4) is 0 Å². The SMILES string of the molecule is CC1CCCCN1CCCCNC(=O)c1csc(CN)n1. The second-order valence-corrected chi connectivity index (χ2v) is 6.62. The molecular formula is C15H26N4OS. The van der Waals surface area contributed by atoms with Crippen molar-refractivity contribution >= 4 is 17.2 Å². The van der Waals surface area contributed by atoms with Gasteiger partial charge >= 0.3 is 0 Å². The number of carbonyl (C=O) groups is 1. The third kappa shape index (κ3) is 5.05. The first-order valence-corrected chi connectivity index (χ1v) is 8.75. The Bertz CT molecular complexity index is 449. The highest BCUT2D eigenvalue weighted by molar-refractivity contribution is 7.09. The predicted octanol–water partition coefficient (Wildman–Crippen LogP) is 1.99. The third-order valence-electron chi connectivity index (χ3n) is 4.06. The van der Waals surface area contributed by atoms with E-state index in [2.05, 4.69) is 22.1 Å². The molecule has 0 aliphatic carbocycles. The number of nitrogens with zero attached hydrogens (tertiary/aromatic N) is 2. The van der Waals surface area contributed by atoms with E-state index in [1.807, 2.05) is 0 Å². The molecule has 3 N–H and O–H groups in total. The zero-order valence-corrected chi connectivity index (χ0v) is 13.6. The first-order chi connectivity index (χ1) is 10.2. The molecule has 1 atom stereocenters. The molecule has 1 aromatic rings. The number of rotatable bonds is 7. The van der Waals surface area contributed by atoms with Crippen molar-refractivity contribution in [3.8, 4) is 0 Å². The fourth-order valence-electron chi connectivity index (χ4n) is 2.73. The molecule has 6 heteroatoms. The van der Waals surface area contributed by atoms with Crippen molar-refractivity contribution in [2.75, 3.05) is 19.6 Å². The molecule has 1 aliphatic rings. The van der Waals surface area contributed by atoms with Crippen molar-refractivity contribution in [3.05, 3.63) is 16.1 Å². The molecule has 0 spiro atoms. The highest BCUT2D eigenvalue weighted by atomic mass is 32.1. The molecule has 1 fully saturated rings. The quantitative estimate of drug-likeness (QED) is 0.756. The Kier molecular flexibility index (Phi) is 6.60. The highest BCUT2D eigenvalue weighted by Gasteiger charge is 2.17. The van der Waals surface area contributed by atoms with Gasteiger partial charge in [0.05, 0.1) is 0 Å². The van der Waals surface area contributed by atoms with Crippen LogP contribution in [0.4, 0.5) is 0 Å². The maximum atomic E-state index is 11.9. The van der Waals surface area contributed by atoms with E-state index >= 15 is 0 Å². The van der Waals surface area contributed by atoms with E-state index in [4.69, 9.17) is 5.73 Å². The molecule has 0 aromatic carbocycles. The topological polar surface area (TPSA) is 71.2 Å². The summed E-state index contributed by atoms with van der Waals surface area (Å²) in [5.41, 5.74) is 5.99. The molecule has 21 heavy (non-hydrogen) atoms. The lowest BCUT2D eigenvalue weighted by Crippen LogP contribution is -2.38. The first-order valence-electron chi connectivity index (χ1n) is 7.87.